The van der Waals surface area contributed by atoms with Crippen molar-refractivity contribution in [1.82, 2.24) is 5.32 Å². The minimum atomic E-state index is -0.507. The van der Waals surface area contributed by atoms with Crippen LogP contribution in [-0.2, 0) is 6.42 Å². The van der Waals surface area contributed by atoms with Crippen LogP contribution in [0, 0.1) is 11.6 Å². The van der Waals surface area contributed by atoms with E-state index in [1.165, 1.54) is 25.3 Å². The summed E-state index contributed by atoms with van der Waals surface area (Å²) in [4.78, 5) is 0. The van der Waals surface area contributed by atoms with Crippen LogP contribution in [0.2, 0.25) is 0 Å². The molecule has 0 amide bonds. The fraction of sp³-hybridized carbons (Fsp3) is 0.647. The fourth-order valence-corrected chi connectivity index (χ4v) is 2.39. The Hall–Kier alpha value is -0.960. The van der Waals surface area contributed by atoms with Gasteiger partial charge in [-0.25, -0.2) is 8.78 Å². The number of unbranched alkanes of at least 4 members (excludes halogenated alkanes) is 3. The molecule has 1 aromatic carbocycles. The van der Waals surface area contributed by atoms with E-state index in [1.807, 2.05) is 0 Å². The maximum atomic E-state index is 13.7. The predicted octanol–water partition coefficient (Wildman–Crippen LogP) is 4.85. The number of hydrogen-bond donors (Lipinski definition) is 1. The van der Waals surface area contributed by atoms with Gasteiger partial charge in [-0.15, -0.1) is 0 Å². The van der Waals surface area contributed by atoms with Gasteiger partial charge in [0, 0.05) is 12.1 Å². The zero-order valence-electron chi connectivity index (χ0n) is 12.7. The minimum absolute atomic E-state index is 0.284. The van der Waals surface area contributed by atoms with Gasteiger partial charge in [0.1, 0.15) is 11.6 Å². The molecule has 0 fully saturated rings. The van der Waals surface area contributed by atoms with Gasteiger partial charge in [0.05, 0.1) is 0 Å². The van der Waals surface area contributed by atoms with Gasteiger partial charge < -0.3 is 5.32 Å². The van der Waals surface area contributed by atoms with Crippen LogP contribution in [0.15, 0.2) is 18.2 Å². The van der Waals surface area contributed by atoms with Crippen molar-refractivity contribution in [1.29, 1.82) is 0 Å². The van der Waals surface area contributed by atoms with Crippen LogP contribution < -0.4 is 5.32 Å². The van der Waals surface area contributed by atoms with Gasteiger partial charge in [-0.1, -0.05) is 45.6 Å². The second kappa shape index (κ2) is 9.87. The highest BCUT2D eigenvalue weighted by Crippen LogP contribution is 2.15. The van der Waals surface area contributed by atoms with Gasteiger partial charge in [-0.3, -0.25) is 0 Å². The zero-order valence-corrected chi connectivity index (χ0v) is 12.7. The molecule has 0 heterocycles. The Balaban J connectivity index is 2.53. The number of nitrogens with one attached hydrogen (secondary N) is 1. The summed E-state index contributed by atoms with van der Waals surface area (Å²) >= 11 is 0. The molecule has 1 rings (SSSR count). The highest BCUT2D eigenvalue weighted by Gasteiger charge is 2.12. The largest absolute Gasteiger partial charge is 0.314 e. The molecule has 1 unspecified atom stereocenters. The van der Waals surface area contributed by atoms with Crippen molar-refractivity contribution in [2.75, 3.05) is 6.54 Å². The summed E-state index contributed by atoms with van der Waals surface area (Å²) in [5, 5.41) is 3.48. The number of halogens is 2. The lowest BCUT2D eigenvalue weighted by atomic mass is 9.99. The number of hydrogen-bond acceptors (Lipinski definition) is 1. The van der Waals surface area contributed by atoms with Gasteiger partial charge >= 0.3 is 0 Å². The van der Waals surface area contributed by atoms with Crippen LogP contribution in [0.1, 0.15) is 57.9 Å². The summed E-state index contributed by atoms with van der Waals surface area (Å²) in [6, 6.07) is 4.17. The number of rotatable bonds is 10. The van der Waals surface area contributed by atoms with Gasteiger partial charge in [0.25, 0.3) is 0 Å². The van der Waals surface area contributed by atoms with Crippen LogP contribution in [0.5, 0.6) is 0 Å². The number of benzene rings is 1. The van der Waals surface area contributed by atoms with Gasteiger partial charge in [-0.2, -0.15) is 0 Å². The third-order valence-electron chi connectivity index (χ3n) is 3.57. The summed E-state index contributed by atoms with van der Waals surface area (Å²) in [5.41, 5.74) is 0.607. The van der Waals surface area contributed by atoms with Crippen molar-refractivity contribution in [3.05, 3.63) is 35.4 Å². The van der Waals surface area contributed by atoms with E-state index in [-0.39, 0.29) is 6.04 Å². The van der Waals surface area contributed by atoms with E-state index in [0.29, 0.717) is 12.0 Å². The SMILES string of the molecule is CCCCCCC(Cc1ccc(F)cc1F)NCCC. The second-order valence-corrected chi connectivity index (χ2v) is 5.44. The molecule has 1 N–H and O–H groups in total. The average Bonchev–Trinajstić information content (AvgIpc) is 2.43. The molecule has 0 aliphatic carbocycles. The maximum Gasteiger partial charge on any atom is 0.129 e. The first-order valence-electron chi connectivity index (χ1n) is 7.84. The molecule has 0 bridgehead atoms. The van der Waals surface area contributed by atoms with E-state index >= 15 is 0 Å². The Bertz CT molecular complexity index is 379. The van der Waals surface area contributed by atoms with Crippen molar-refractivity contribution in [3.8, 4) is 0 Å². The van der Waals surface area contributed by atoms with Crippen LogP contribution in [0.3, 0.4) is 0 Å². The lowest BCUT2D eigenvalue weighted by molar-refractivity contribution is 0.445. The Morgan fingerprint density at radius 1 is 1.05 bits per heavy atom. The molecule has 114 valence electrons. The van der Waals surface area contributed by atoms with E-state index in [9.17, 15) is 8.78 Å². The molecule has 0 radical (unpaired) electrons. The lowest BCUT2D eigenvalue weighted by Gasteiger charge is -2.19. The van der Waals surface area contributed by atoms with Crippen molar-refractivity contribution >= 4 is 0 Å². The molecule has 0 saturated heterocycles. The smallest absolute Gasteiger partial charge is 0.129 e. The van der Waals surface area contributed by atoms with Crippen molar-refractivity contribution < 1.29 is 8.78 Å². The quantitative estimate of drug-likeness (QED) is 0.605. The Kier molecular flexibility index (Phi) is 8.43. The average molecular weight is 283 g/mol. The summed E-state index contributed by atoms with van der Waals surface area (Å²) in [7, 11) is 0. The topological polar surface area (TPSA) is 12.0 Å². The summed E-state index contributed by atoms with van der Waals surface area (Å²) < 4.78 is 26.6. The Labute approximate surface area is 121 Å². The molecule has 20 heavy (non-hydrogen) atoms. The molecule has 0 saturated carbocycles. The third-order valence-corrected chi connectivity index (χ3v) is 3.57. The molecule has 1 aromatic rings. The van der Waals surface area contributed by atoms with Crippen LogP contribution in [-0.4, -0.2) is 12.6 Å². The van der Waals surface area contributed by atoms with Gasteiger partial charge in [0.2, 0.25) is 0 Å². The highest BCUT2D eigenvalue weighted by molar-refractivity contribution is 5.19. The second-order valence-electron chi connectivity index (χ2n) is 5.44. The molecule has 0 aliphatic heterocycles. The Morgan fingerprint density at radius 2 is 1.85 bits per heavy atom. The van der Waals surface area contributed by atoms with Crippen molar-refractivity contribution in [2.24, 2.45) is 0 Å². The molecular formula is C17H27F2N. The van der Waals surface area contributed by atoms with Crippen molar-refractivity contribution in [2.45, 2.75) is 64.8 Å². The fourth-order valence-electron chi connectivity index (χ4n) is 2.39. The third kappa shape index (κ3) is 6.47. The van der Waals surface area contributed by atoms with Crippen molar-refractivity contribution in [3.63, 3.8) is 0 Å². The summed E-state index contributed by atoms with van der Waals surface area (Å²) in [6.07, 6.45) is 7.63. The molecule has 3 heteroatoms. The molecule has 0 aromatic heterocycles. The van der Waals surface area contributed by atoms with E-state index in [1.54, 1.807) is 6.07 Å². The molecule has 1 nitrogen and oxygen atoms in total. The maximum absolute atomic E-state index is 13.7. The first-order chi connectivity index (χ1) is 9.67. The molecule has 0 aliphatic rings. The monoisotopic (exact) mass is 283 g/mol. The molecular weight excluding hydrogens is 256 g/mol. The van der Waals surface area contributed by atoms with Gasteiger partial charge in [-0.05, 0) is 37.4 Å². The van der Waals surface area contributed by atoms with E-state index in [0.717, 1.165) is 31.9 Å². The zero-order chi connectivity index (χ0) is 14.8. The minimum Gasteiger partial charge on any atom is -0.314 e. The highest BCUT2D eigenvalue weighted by atomic mass is 19.1. The summed E-state index contributed by atoms with van der Waals surface area (Å²) in [5.74, 6) is -0.936. The van der Waals surface area contributed by atoms with E-state index in [2.05, 4.69) is 19.2 Å². The van der Waals surface area contributed by atoms with Gasteiger partial charge in [0.15, 0.2) is 0 Å². The predicted molar refractivity (Wildman–Crippen MR) is 80.9 cm³/mol. The Morgan fingerprint density at radius 3 is 2.50 bits per heavy atom. The summed E-state index contributed by atoms with van der Waals surface area (Å²) in [6.45, 7) is 5.27. The first-order valence-corrected chi connectivity index (χ1v) is 7.84. The first kappa shape index (κ1) is 17.1. The van der Waals surface area contributed by atoms with E-state index in [4.69, 9.17) is 0 Å². The normalized spacial score (nSPS) is 12.6. The van der Waals surface area contributed by atoms with Crippen LogP contribution in [0.25, 0.3) is 0 Å². The lowest BCUT2D eigenvalue weighted by Crippen LogP contribution is -2.32. The van der Waals surface area contributed by atoms with Crippen LogP contribution in [0.4, 0.5) is 8.78 Å². The van der Waals surface area contributed by atoms with E-state index < -0.39 is 11.6 Å². The van der Waals surface area contributed by atoms with Crippen LogP contribution >= 0.6 is 0 Å². The standard InChI is InChI=1S/C17H27F2N/c1-3-5-6-7-8-16(20-11-4-2)12-14-9-10-15(18)13-17(14)19/h9-10,13,16,20H,3-8,11-12H2,1-2H3. The molecule has 0 spiro atoms. The molecule has 1 atom stereocenters.